The number of halogens is 2. The Kier molecular flexibility index (Phi) is 2.97. The minimum Gasteiger partial charge on any atom is -0.252 e. The van der Waals surface area contributed by atoms with Crippen molar-refractivity contribution in [1.82, 2.24) is 10.7 Å². The van der Waals surface area contributed by atoms with E-state index in [4.69, 9.17) is 0 Å². The average molecular weight is 124 g/mol. The fourth-order valence-electron chi connectivity index (χ4n) is 0.159. The highest BCUT2D eigenvalue weighted by Gasteiger charge is 2.08. The summed E-state index contributed by atoms with van der Waals surface area (Å²) in [7, 11) is 0. The maximum Gasteiger partial charge on any atom is 0.343 e. The molecule has 0 aliphatic carbocycles. The summed E-state index contributed by atoms with van der Waals surface area (Å²) in [6.45, 7) is 0.0542. The van der Waals surface area contributed by atoms with Gasteiger partial charge in [0, 0.05) is 6.72 Å². The highest BCUT2D eigenvalue weighted by atomic mass is 19.3. The Morgan fingerprint density at radius 1 is 1.75 bits per heavy atom. The first-order valence-corrected chi connectivity index (χ1v) is 1.72. The quantitative estimate of drug-likeness (QED) is 0.231. The van der Waals surface area contributed by atoms with E-state index in [9.17, 15) is 8.78 Å². The van der Waals surface area contributed by atoms with Crippen molar-refractivity contribution in [2.75, 3.05) is 0 Å². The molecule has 0 spiro atoms. The third kappa shape index (κ3) is 1.80. The SMILES string of the molecule is C=NN(NN)C(F)F. The van der Waals surface area contributed by atoms with Crippen molar-refractivity contribution in [3.8, 4) is 0 Å². The van der Waals surface area contributed by atoms with Crippen molar-refractivity contribution in [3.05, 3.63) is 0 Å². The van der Waals surface area contributed by atoms with E-state index in [1.165, 1.54) is 0 Å². The lowest BCUT2D eigenvalue weighted by molar-refractivity contribution is -0.0592. The Bertz CT molecular complexity index is 74.4. The number of hydrazone groups is 1. The van der Waals surface area contributed by atoms with Gasteiger partial charge in [0.15, 0.2) is 0 Å². The van der Waals surface area contributed by atoms with Gasteiger partial charge in [0.1, 0.15) is 0 Å². The second-order valence-electron chi connectivity index (χ2n) is 0.893. The zero-order chi connectivity index (χ0) is 6.57. The Labute approximate surface area is 44.9 Å². The smallest absolute Gasteiger partial charge is 0.252 e. The molecule has 8 heavy (non-hydrogen) atoms. The van der Waals surface area contributed by atoms with Crippen LogP contribution in [0.4, 0.5) is 8.78 Å². The van der Waals surface area contributed by atoms with E-state index in [0.29, 0.717) is 0 Å². The molecule has 3 N–H and O–H groups in total. The maximum absolute atomic E-state index is 11.3. The molecule has 0 aromatic heterocycles. The minimum atomic E-state index is -2.75. The molecule has 6 heteroatoms. The van der Waals surface area contributed by atoms with Crippen LogP contribution in [0.1, 0.15) is 0 Å². The normalized spacial score (nSPS) is 9.50. The largest absolute Gasteiger partial charge is 0.343 e. The monoisotopic (exact) mass is 124 g/mol. The van der Waals surface area contributed by atoms with Gasteiger partial charge < -0.3 is 0 Å². The highest BCUT2D eigenvalue weighted by Crippen LogP contribution is 1.95. The van der Waals surface area contributed by atoms with E-state index in [-0.39, 0.29) is 5.12 Å². The van der Waals surface area contributed by atoms with Crippen LogP contribution in [0, 0.1) is 0 Å². The molecule has 0 aromatic rings. The Morgan fingerprint density at radius 3 is 2.25 bits per heavy atom. The van der Waals surface area contributed by atoms with Gasteiger partial charge in [-0.05, 0) is 0 Å². The fraction of sp³-hybridized carbons (Fsp3) is 0.500. The van der Waals surface area contributed by atoms with Crippen LogP contribution in [-0.4, -0.2) is 18.4 Å². The van der Waals surface area contributed by atoms with Crippen LogP contribution in [0.15, 0.2) is 5.10 Å². The van der Waals surface area contributed by atoms with E-state index in [1.54, 1.807) is 5.53 Å². The summed E-state index contributed by atoms with van der Waals surface area (Å²) < 4.78 is 22.7. The number of nitrogens with one attached hydrogen (secondary N) is 1. The molecule has 0 saturated carbocycles. The van der Waals surface area contributed by atoms with Gasteiger partial charge in [0.2, 0.25) is 0 Å². The van der Waals surface area contributed by atoms with E-state index >= 15 is 0 Å². The van der Waals surface area contributed by atoms with Gasteiger partial charge in [-0.2, -0.15) is 24.5 Å². The van der Waals surface area contributed by atoms with Crippen molar-refractivity contribution in [2.24, 2.45) is 10.9 Å². The molecule has 0 aliphatic heterocycles. The summed E-state index contributed by atoms with van der Waals surface area (Å²) in [6.07, 6.45) is 0. The molecule has 0 aliphatic rings. The summed E-state index contributed by atoms with van der Waals surface area (Å²) in [5.74, 6) is 4.55. The molecule has 0 atom stereocenters. The number of nitrogens with zero attached hydrogens (tertiary/aromatic N) is 2. The number of hydrogen-bond donors (Lipinski definition) is 2. The second-order valence-corrected chi connectivity index (χ2v) is 0.893. The van der Waals surface area contributed by atoms with Crippen LogP contribution >= 0.6 is 0 Å². The zero-order valence-corrected chi connectivity index (χ0v) is 4.01. The lowest BCUT2D eigenvalue weighted by Gasteiger charge is -2.12. The first kappa shape index (κ1) is 7.25. The fourth-order valence-corrected chi connectivity index (χ4v) is 0.159. The van der Waals surface area contributed by atoms with Gasteiger partial charge in [-0.1, -0.05) is 0 Å². The Balaban J connectivity index is 3.51. The summed E-state index contributed by atoms with van der Waals surface area (Å²) in [5, 5.41) is 2.93. The summed E-state index contributed by atoms with van der Waals surface area (Å²) in [4.78, 5) is 0. The molecule has 0 aromatic carbocycles. The third-order valence-corrected chi connectivity index (χ3v) is 0.470. The molecule has 0 saturated heterocycles. The van der Waals surface area contributed by atoms with Gasteiger partial charge in [-0.3, -0.25) is 5.84 Å². The lowest BCUT2D eigenvalue weighted by atomic mass is 11.2. The molecular weight excluding hydrogens is 118 g/mol. The standard InChI is InChI=1S/C2H6F2N4/c1-6-8(7-5)2(3)4/h2,7H,1,5H2. The molecule has 48 valence electrons. The zero-order valence-electron chi connectivity index (χ0n) is 4.01. The number of hydrazine groups is 2. The van der Waals surface area contributed by atoms with Crippen LogP contribution in [0.3, 0.4) is 0 Å². The van der Waals surface area contributed by atoms with Crippen LogP contribution in [0.25, 0.3) is 0 Å². The van der Waals surface area contributed by atoms with Crippen molar-refractivity contribution in [3.63, 3.8) is 0 Å². The van der Waals surface area contributed by atoms with Gasteiger partial charge in [0.05, 0.1) is 0 Å². The van der Waals surface area contributed by atoms with Gasteiger partial charge in [-0.15, -0.1) is 0 Å². The summed E-state index contributed by atoms with van der Waals surface area (Å²) >= 11 is 0. The molecular formula is C2H6F2N4. The predicted octanol–water partition coefficient (Wildman–Crippen LogP) is -0.495. The summed E-state index contributed by atoms with van der Waals surface area (Å²) in [6, 6.07) is 0. The average Bonchev–Trinajstić information content (AvgIpc) is 1.69. The van der Waals surface area contributed by atoms with Crippen LogP contribution in [0.2, 0.25) is 0 Å². The molecule has 0 radical (unpaired) electrons. The molecule has 0 bridgehead atoms. The molecule has 0 unspecified atom stereocenters. The first-order chi connectivity index (χ1) is 3.72. The lowest BCUT2D eigenvalue weighted by Crippen LogP contribution is -2.41. The predicted molar refractivity (Wildman–Crippen MR) is 24.7 cm³/mol. The van der Waals surface area contributed by atoms with Gasteiger partial charge in [0.25, 0.3) is 0 Å². The number of rotatable bonds is 3. The second kappa shape index (κ2) is 3.28. The van der Waals surface area contributed by atoms with Crippen LogP contribution in [0.5, 0.6) is 0 Å². The number of hydrogen-bond acceptors (Lipinski definition) is 4. The van der Waals surface area contributed by atoms with Crippen molar-refractivity contribution in [1.29, 1.82) is 0 Å². The minimum absolute atomic E-state index is 0.125. The molecule has 0 amide bonds. The van der Waals surface area contributed by atoms with Crippen LogP contribution in [-0.2, 0) is 0 Å². The Morgan fingerprint density at radius 2 is 2.25 bits per heavy atom. The maximum atomic E-state index is 11.3. The molecule has 0 fully saturated rings. The molecule has 0 rings (SSSR count). The third-order valence-electron chi connectivity index (χ3n) is 0.470. The van der Waals surface area contributed by atoms with E-state index in [1.807, 2.05) is 0 Å². The van der Waals surface area contributed by atoms with E-state index in [2.05, 4.69) is 17.7 Å². The van der Waals surface area contributed by atoms with Gasteiger partial charge in [-0.25, -0.2) is 0 Å². The Hall–Kier alpha value is -0.750. The van der Waals surface area contributed by atoms with Crippen molar-refractivity contribution >= 4 is 6.72 Å². The first-order valence-electron chi connectivity index (χ1n) is 1.72. The highest BCUT2D eigenvalue weighted by molar-refractivity contribution is 5.22. The van der Waals surface area contributed by atoms with Crippen molar-refractivity contribution in [2.45, 2.75) is 6.55 Å². The van der Waals surface area contributed by atoms with Crippen LogP contribution < -0.4 is 11.4 Å². The number of nitrogens with two attached hydrogens (primary N) is 1. The molecule has 0 heterocycles. The summed E-state index contributed by atoms with van der Waals surface area (Å²) in [5.41, 5.74) is 1.61. The topological polar surface area (TPSA) is 53.6 Å². The van der Waals surface area contributed by atoms with Crippen molar-refractivity contribution < 1.29 is 8.78 Å². The van der Waals surface area contributed by atoms with E-state index in [0.717, 1.165) is 0 Å². The number of alkyl halides is 2. The molecule has 4 nitrogen and oxygen atoms in total. The van der Waals surface area contributed by atoms with E-state index < -0.39 is 6.55 Å². The van der Waals surface area contributed by atoms with Gasteiger partial charge >= 0.3 is 6.55 Å².